The Morgan fingerprint density at radius 2 is 1.90 bits per heavy atom. The first kappa shape index (κ1) is 20.2. The number of carbonyl (C=O) groups is 2. The van der Waals surface area contributed by atoms with E-state index in [0.29, 0.717) is 26.1 Å². The molecule has 1 saturated carbocycles. The van der Waals surface area contributed by atoms with Gasteiger partial charge in [-0.05, 0) is 31.4 Å². The number of carbonyl (C=O) groups excluding carboxylic acids is 2. The van der Waals surface area contributed by atoms with E-state index < -0.39 is 11.7 Å². The van der Waals surface area contributed by atoms with Crippen LogP contribution in [0.5, 0.6) is 0 Å². The molecule has 158 valence electrons. The summed E-state index contributed by atoms with van der Waals surface area (Å²) in [6.45, 7) is 3.03. The molecule has 2 N–H and O–H groups in total. The molecule has 7 nitrogen and oxygen atoms in total. The van der Waals surface area contributed by atoms with Crippen molar-refractivity contribution in [2.75, 3.05) is 39.3 Å². The number of benzene rings is 1. The first-order valence-corrected chi connectivity index (χ1v) is 10.7. The van der Waals surface area contributed by atoms with E-state index in [0.717, 1.165) is 44.3 Å². The Morgan fingerprint density at radius 3 is 2.62 bits per heavy atom. The van der Waals surface area contributed by atoms with Crippen LogP contribution in [0.4, 0.5) is 4.79 Å². The molecular weight excluding hydrogens is 370 g/mol. The molecular formula is C22H31N3O4. The lowest BCUT2D eigenvalue weighted by Gasteiger charge is -2.51. The Morgan fingerprint density at radius 1 is 1.14 bits per heavy atom. The van der Waals surface area contributed by atoms with Crippen molar-refractivity contribution in [1.29, 1.82) is 0 Å². The molecule has 0 bridgehead atoms. The summed E-state index contributed by atoms with van der Waals surface area (Å²) >= 11 is 0. The van der Waals surface area contributed by atoms with Crippen molar-refractivity contribution < 1.29 is 19.4 Å². The van der Waals surface area contributed by atoms with Crippen LogP contribution in [0.25, 0.3) is 0 Å². The number of hydrogen-bond acceptors (Lipinski definition) is 5. The van der Waals surface area contributed by atoms with Crippen LogP contribution < -0.4 is 5.32 Å². The Hall–Kier alpha value is -2.12. The molecule has 2 saturated heterocycles. The SMILES string of the molecule is O=C1CN(C(=O)OCc2ccccc2)CCN1CC1(O)CCNCC12CCCC2. The van der Waals surface area contributed by atoms with Gasteiger partial charge in [-0.3, -0.25) is 9.69 Å². The van der Waals surface area contributed by atoms with E-state index in [1.165, 1.54) is 4.90 Å². The van der Waals surface area contributed by atoms with Gasteiger partial charge >= 0.3 is 6.09 Å². The summed E-state index contributed by atoms with van der Waals surface area (Å²) in [6, 6.07) is 9.50. The average molecular weight is 402 g/mol. The minimum absolute atomic E-state index is 0.00888. The molecule has 0 aromatic heterocycles. The maximum atomic E-state index is 12.8. The predicted molar refractivity (Wildman–Crippen MR) is 108 cm³/mol. The zero-order valence-electron chi connectivity index (χ0n) is 16.9. The number of nitrogens with zero attached hydrogens (tertiary/aromatic N) is 2. The van der Waals surface area contributed by atoms with E-state index in [1.54, 1.807) is 4.90 Å². The lowest BCUT2D eigenvalue weighted by Crippen LogP contribution is -2.65. The van der Waals surface area contributed by atoms with Gasteiger partial charge in [0.25, 0.3) is 0 Å². The van der Waals surface area contributed by atoms with Gasteiger partial charge in [0, 0.05) is 25.0 Å². The standard InChI is InChI=1S/C22H31N3O4/c26-19-14-24(20(27)29-15-18-6-2-1-3-7-18)12-13-25(19)17-22(28)10-11-23-16-21(22)8-4-5-9-21/h1-3,6-7,23,28H,4-5,8-17H2. The van der Waals surface area contributed by atoms with Crippen LogP contribution >= 0.6 is 0 Å². The van der Waals surface area contributed by atoms with Crippen LogP contribution in [-0.2, 0) is 16.1 Å². The number of piperidine rings is 1. The maximum absolute atomic E-state index is 12.8. The molecule has 3 fully saturated rings. The van der Waals surface area contributed by atoms with E-state index in [2.05, 4.69) is 5.32 Å². The smallest absolute Gasteiger partial charge is 0.410 e. The van der Waals surface area contributed by atoms with Crippen LogP contribution in [-0.4, -0.2) is 71.8 Å². The van der Waals surface area contributed by atoms with Crippen molar-refractivity contribution in [3.05, 3.63) is 35.9 Å². The highest BCUT2D eigenvalue weighted by molar-refractivity contribution is 5.83. The van der Waals surface area contributed by atoms with Gasteiger partial charge in [-0.2, -0.15) is 0 Å². The van der Waals surface area contributed by atoms with Gasteiger partial charge in [-0.15, -0.1) is 0 Å². The lowest BCUT2D eigenvalue weighted by molar-refractivity contribution is -0.152. The number of aliphatic hydroxyl groups is 1. The molecule has 1 aliphatic carbocycles. The van der Waals surface area contributed by atoms with Gasteiger partial charge in [0.1, 0.15) is 13.2 Å². The van der Waals surface area contributed by atoms with Crippen molar-refractivity contribution in [2.45, 2.75) is 44.3 Å². The molecule has 2 amide bonds. The Balaban J connectivity index is 1.33. The molecule has 0 radical (unpaired) electrons. The van der Waals surface area contributed by atoms with E-state index in [9.17, 15) is 14.7 Å². The zero-order chi connectivity index (χ0) is 20.3. The van der Waals surface area contributed by atoms with Crippen LogP contribution in [0.1, 0.15) is 37.7 Å². The fourth-order valence-electron chi connectivity index (χ4n) is 5.15. The molecule has 2 aliphatic heterocycles. The van der Waals surface area contributed by atoms with Gasteiger partial charge in [0.2, 0.25) is 5.91 Å². The molecule has 1 atom stereocenters. The van der Waals surface area contributed by atoms with Gasteiger partial charge in [0.15, 0.2) is 0 Å². The molecule has 4 rings (SSSR count). The molecule has 1 unspecified atom stereocenters. The molecule has 1 spiro atoms. The second-order valence-electron chi connectivity index (χ2n) is 8.72. The maximum Gasteiger partial charge on any atom is 0.410 e. The Bertz CT molecular complexity index is 735. The number of ether oxygens (including phenoxy) is 1. The summed E-state index contributed by atoms with van der Waals surface area (Å²) in [6.07, 6.45) is 4.50. The van der Waals surface area contributed by atoms with E-state index in [-0.39, 0.29) is 24.5 Å². The third-order valence-electron chi connectivity index (χ3n) is 6.96. The Labute approximate surface area is 172 Å². The van der Waals surface area contributed by atoms with Crippen LogP contribution in [0.15, 0.2) is 30.3 Å². The molecule has 1 aromatic carbocycles. The first-order valence-electron chi connectivity index (χ1n) is 10.7. The van der Waals surface area contributed by atoms with Gasteiger partial charge in [0.05, 0.1) is 12.1 Å². The minimum Gasteiger partial charge on any atom is -0.445 e. The number of hydrogen-bond donors (Lipinski definition) is 2. The number of nitrogens with one attached hydrogen (secondary N) is 1. The predicted octanol–water partition coefficient (Wildman–Crippen LogP) is 1.75. The summed E-state index contributed by atoms with van der Waals surface area (Å²) in [5, 5.41) is 15.0. The number of rotatable bonds is 4. The van der Waals surface area contributed by atoms with E-state index in [4.69, 9.17) is 4.74 Å². The van der Waals surface area contributed by atoms with E-state index >= 15 is 0 Å². The van der Waals surface area contributed by atoms with Crippen molar-refractivity contribution in [1.82, 2.24) is 15.1 Å². The van der Waals surface area contributed by atoms with Crippen molar-refractivity contribution >= 4 is 12.0 Å². The van der Waals surface area contributed by atoms with Gasteiger partial charge in [-0.25, -0.2) is 4.79 Å². The summed E-state index contributed by atoms with van der Waals surface area (Å²) in [7, 11) is 0. The monoisotopic (exact) mass is 401 g/mol. The van der Waals surface area contributed by atoms with Crippen LogP contribution in [0.3, 0.4) is 0 Å². The summed E-state index contributed by atoms with van der Waals surface area (Å²) in [5.74, 6) is -0.118. The summed E-state index contributed by atoms with van der Waals surface area (Å²) in [4.78, 5) is 28.3. The van der Waals surface area contributed by atoms with Crippen LogP contribution in [0, 0.1) is 5.41 Å². The highest BCUT2D eigenvalue weighted by Gasteiger charge is 2.54. The van der Waals surface area contributed by atoms with Crippen molar-refractivity contribution in [2.24, 2.45) is 5.41 Å². The van der Waals surface area contributed by atoms with Crippen molar-refractivity contribution in [3.63, 3.8) is 0 Å². The van der Waals surface area contributed by atoms with Gasteiger partial charge < -0.3 is 20.1 Å². The fraction of sp³-hybridized carbons (Fsp3) is 0.636. The fourth-order valence-corrected chi connectivity index (χ4v) is 5.15. The third-order valence-corrected chi connectivity index (χ3v) is 6.96. The number of piperazine rings is 1. The van der Waals surface area contributed by atoms with E-state index in [1.807, 2.05) is 30.3 Å². The molecule has 29 heavy (non-hydrogen) atoms. The molecule has 1 aromatic rings. The second kappa shape index (κ2) is 8.32. The highest BCUT2D eigenvalue weighted by Crippen LogP contribution is 2.49. The average Bonchev–Trinajstić information content (AvgIpc) is 3.21. The highest BCUT2D eigenvalue weighted by atomic mass is 16.6. The minimum atomic E-state index is -0.847. The van der Waals surface area contributed by atoms with Crippen molar-refractivity contribution in [3.8, 4) is 0 Å². The normalized spacial score (nSPS) is 26.7. The lowest BCUT2D eigenvalue weighted by atomic mass is 9.66. The topological polar surface area (TPSA) is 82.1 Å². The summed E-state index contributed by atoms with van der Waals surface area (Å²) in [5.41, 5.74) is -0.0571. The third kappa shape index (κ3) is 4.12. The van der Waals surface area contributed by atoms with Gasteiger partial charge in [-0.1, -0.05) is 43.2 Å². The number of β-amino-alcohol motifs (C(OH)–C–C–N with tert-alkyl or cyclic N) is 1. The quantitative estimate of drug-likeness (QED) is 0.803. The first-order chi connectivity index (χ1) is 14.0. The molecule has 7 heteroatoms. The second-order valence-corrected chi connectivity index (χ2v) is 8.72. The summed E-state index contributed by atoms with van der Waals surface area (Å²) < 4.78 is 5.36. The molecule has 3 aliphatic rings. The number of amides is 2. The van der Waals surface area contributed by atoms with Crippen LogP contribution in [0.2, 0.25) is 0 Å². The largest absolute Gasteiger partial charge is 0.445 e. The zero-order valence-corrected chi connectivity index (χ0v) is 16.9. The molecule has 2 heterocycles. The Kier molecular flexibility index (Phi) is 5.79.